The Morgan fingerprint density at radius 3 is 2.39 bits per heavy atom. The van der Waals surface area contributed by atoms with Gasteiger partial charge in [0.05, 0.1) is 12.3 Å². The minimum atomic E-state index is -0.924. The average Bonchev–Trinajstić information content (AvgIpc) is 3.76. The number of hydrogen-bond acceptors (Lipinski definition) is 7. The van der Waals surface area contributed by atoms with E-state index in [0.717, 1.165) is 68.1 Å². The molecule has 2 unspecified atom stereocenters. The largest absolute Gasteiger partial charge is 0.481 e. The van der Waals surface area contributed by atoms with E-state index in [4.69, 9.17) is 4.98 Å². The number of amides is 2. The Kier molecular flexibility index (Phi) is 8.09. The molecule has 9 nitrogen and oxygen atoms in total. The van der Waals surface area contributed by atoms with Crippen molar-refractivity contribution in [2.45, 2.75) is 64.2 Å². The second-order valence-corrected chi connectivity index (χ2v) is 12.1. The van der Waals surface area contributed by atoms with Gasteiger partial charge in [0.2, 0.25) is 16.9 Å². The summed E-state index contributed by atoms with van der Waals surface area (Å²) in [4.78, 5) is 50.8. The lowest BCUT2D eigenvalue weighted by molar-refractivity contribution is -0.142. The summed E-state index contributed by atoms with van der Waals surface area (Å²) in [5.41, 5.74) is 2.62. The molecule has 1 aromatic carbocycles. The molecule has 0 bridgehead atoms. The van der Waals surface area contributed by atoms with Gasteiger partial charge in [-0.1, -0.05) is 56.4 Å². The lowest BCUT2D eigenvalue weighted by Crippen LogP contribution is -2.44. The molecule has 2 amide bonds. The number of benzene rings is 1. The van der Waals surface area contributed by atoms with Crippen LogP contribution in [0.2, 0.25) is 0 Å². The van der Waals surface area contributed by atoms with Crippen LogP contribution in [-0.2, 0) is 14.4 Å². The molecule has 41 heavy (non-hydrogen) atoms. The van der Waals surface area contributed by atoms with Crippen molar-refractivity contribution in [3.63, 3.8) is 0 Å². The molecule has 1 saturated carbocycles. The lowest BCUT2D eigenvalue weighted by atomic mass is 9.74. The zero-order valence-corrected chi connectivity index (χ0v) is 23.9. The average molecular weight is 574 g/mol. The first-order chi connectivity index (χ1) is 20.0. The van der Waals surface area contributed by atoms with Gasteiger partial charge in [-0.25, -0.2) is 4.98 Å². The predicted molar refractivity (Wildman–Crippen MR) is 158 cm³/mol. The van der Waals surface area contributed by atoms with Crippen molar-refractivity contribution in [2.24, 2.45) is 17.8 Å². The van der Waals surface area contributed by atoms with Gasteiger partial charge < -0.3 is 5.11 Å². The highest BCUT2D eigenvalue weighted by Gasteiger charge is 2.40. The first kappa shape index (κ1) is 27.5. The molecular formula is C31H35N5O4S. The maximum Gasteiger partial charge on any atom is 0.304 e. The van der Waals surface area contributed by atoms with Gasteiger partial charge in [0.1, 0.15) is 5.82 Å². The van der Waals surface area contributed by atoms with E-state index >= 15 is 0 Å². The van der Waals surface area contributed by atoms with Crippen LogP contribution >= 0.6 is 11.5 Å². The van der Waals surface area contributed by atoms with Gasteiger partial charge in [0.25, 0.3) is 0 Å². The van der Waals surface area contributed by atoms with E-state index in [-0.39, 0.29) is 24.2 Å². The number of nitrogens with zero attached hydrogens (tertiary/aromatic N) is 5. The van der Waals surface area contributed by atoms with E-state index in [1.54, 1.807) is 16.0 Å². The van der Waals surface area contributed by atoms with E-state index < -0.39 is 11.9 Å². The van der Waals surface area contributed by atoms with Crippen molar-refractivity contribution in [3.05, 3.63) is 42.6 Å². The van der Waals surface area contributed by atoms with Gasteiger partial charge in [-0.3, -0.25) is 24.2 Å². The number of rotatable bonds is 7. The summed E-state index contributed by atoms with van der Waals surface area (Å²) in [7, 11) is 0. The molecule has 214 valence electrons. The number of anilines is 2. The van der Waals surface area contributed by atoms with Crippen molar-refractivity contribution >= 4 is 40.3 Å². The molecule has 6 rings (SSSR count). The molecule has 10 heteroatoms. The van der Waals surface area contributed by atoms with Gasteiger partial charge in [0.15, 0.2) is 5.82 Å². The Balaban J connectivity index is 1.27. The van der Waals surface area contributed by atoms with Crippen LogP contribution in [0.5, 0.6) is 0 Å². The van der Waals surface area contributed by atoms with Crippen LogP contribution in [0.15, 0.2) is 42.6 Å². The highest BCUT2D eigenvalue weighted by molar-refractivity contribution is 7.10. The summed E-state index contributed by atoms with van der Waals surface area (Å²) in [6, 6.07) is 11.7. The highest BCUT2D eigenvalue weighted by atomic mass is 32.1. The first-order valence-electron chi connectivity index (χ1n) is 14.7. The van der Waals surface area contributed by atoms with E-state index in [0.29, 0.717) is 42.2 Å². The van der Waals surface area contributed by atoms with Crippen molar-refractivity contribution in [1.29, 1.82) is 0 Å². The summed E-state index contributed by atoms with van der Waals surface area (Å²) in [5.74, 6) is 0.212. The SMILES string of the molecule is O=C(O)CC1C(=O)N(c2nc(-c3ccccc3-c3ccc(N4CCCC4=O)nc3)ns2)CCCCC1C1CCCC1. The molecule has 4 heterocycles. The number of hydrogen-bond donors (Lipinski definition) is 1. The summed E-state index contributed by atoms with van der Waals surface area (Å²) >= 11 is 1.19. The van der Waals surface area contributed by atoms with E-state index in [2.05, 4.69) is 9.36 Å². The molecular weight excluding hydrogens is 538 g/mol. The van der Waals surface area contributed by atoms with E-state index in [1.165, 1.54) is 11.5 Å². The number of aromatic nitrogens is 3. The zero-order chi connectivity index (χ0) is 28.3. The molecule has 2 saturated heterocycles. The zero-order valence-electron chi connectivity index (χ0n) is 23.1. The van der Waals surface area contributed by atoms with Gasteiger partial charge in [-0.15, -0.1) is 0 Å². The van der Waals surface area contributed by atoms with Gasteiger partial charge >= 0.3 is 5.97 Å². The second kappa shape index (κ2) is 12.1. The molecule has 2 aliphatic heterocycles. The molecule has 3 fully saturated rings. The van der Waals surface area contributed by atoms with Gasteiger partial charge in [0, 0.05) is 48.4 Å². The Labute approximate surface area is 243 Å². The predicted octanol–water partition coefficient (Wildman–Crippen LogP) is 5.81. The van der Waals surface area contributed by atoms with Crippen LogP contribution in [-0.4, -0.2) is 50.3 Å². The Bertz CT molecular complexity index is 1420. The van der Waals surface area contributed by atoms with Crippen molar-refractivity contribution in [3.8, 4) is 22.5 Å². The van der Waals surface area contributed by atoms with Crippen LogP contribution < -0.4 is 9.80 Å². The number of carbonyl (C=O) groups excluding carboxylic acids is 2. The van der Waals surface area contributed by atoms with Crippen LogP contribution in [0.25, 0.3) is 22.5 Å². The fourth-order valence-corrected chi connectivity index (χ4v) is 7.59. The molecule has 3 aliphatic rings. The topological polar surface area (TPSA) is 117 Å². The lowest BCUT2D eigenvalue weighted by Gasteiger charge is -2.35. The van der Waals surface area contributed by atoms with Crippen LogP contribution in [0, 0.1) is 17.8 Å². The normalized spacial score (nSPS) is 22.2. The molecule has 0 spiro atoms. The minimum Gasteiger partial charge on any atom is -0.481 e. The van der Waals surface area contributed by atoms with Crippen LogP contribution in [0.1, 0.15) is 64.2 Å². The second-order valence-electron chi connectivity index (χ2n) is 11.4. The molecule has 0 radical (unpaired) electrons. The Morgan fingerprint density at radius 1 is 0.927 bits per heavy atom. The third-order valence-corrected chi connectivity index (χ3v) is 9.63. The Hall–Kier alpha value is -3.66. The van der Waals surface area contributed by atoms with Gasteiger partial charge in [-0.05, 0) is 48.8 Å². The number of aliphatic carboxylic acids is 1. The van der Waals surface area contributed by atoms with Crippen molar-refractivity contribution < 1.29 is 19.5 Å². The van der Waals surface area contributed by atoms with Crippen molar-refractivity contribution in [2.75, 3.05) is 22.9 Å². The maximum absolute atomic E-state index is 14.0. The number of carboxylic acids is 1. The summed E-state index contributed by atoms with van der Waals surface area (Å²) in [5, 5.41) is 10.2. The quantitative estimate of drug-likeness (QED) is 0.379. The monoisotopic (exact) mass is 573 g/mol. The standard InChI is InChI=1S/C31H35N5O4S/c37-27-13-7-17-35(27)26-15-14-21(19-32-26)23-10-3-4-12-24(23)29-33-31(41-34-29)36-16-6-5-11-22(20-8-1-2-9-20)25(30(36)40)18-28(38)39/h3-4,10,12,14-15,19-20,22,25H,1-2,5-9,11,13,16-18H2,(H,38,39). The van der Waals surface area contributed by atoms with Crippen LogP contribution in [0.3, 0.4) is 0 Å². The maximum atomic E-state index is 14.0. The molecule has 2 atom stereocenters. The van der Waals surface area contributed by atoms with Gasteiger partial charge in [-0.2, -0.15) is 9.36 Å². The smallest absolute Gasteiger partial charge is 0.304 e. The summed E-state index contributed by atoms with van der Waals surface area (Å²) in [6.07, 6.45) is 10.3. The van der Waals surface area contributed by atoms with Crippen molar-refractivity contribution in [1.82, 2.24) is 14.3 Å². The number of pyridine rings is 1. The third kappa shape index (κ3) is 5.75. The molecule has 3 aromatic rings. The fraction of sp³-hybridized carbons (Fsp3) is 0.484. The fourth-order valence-electron chi connectivity index (χ4n) is 6.87. The first-order valence-corrected chi connectivity index (χ1v) is 15.5. The van der Waals surface area contributed by atoms with E-state index in [1.807, 2.05) is 36.4 Å². The summed E-state index contributed by atoms with van der Waals surface area (Å²) in [6.45, 7) is 1.21. The summed E-state index contributed by atoms with van der Waals surface area (Å²) < 4.78 is 4.66. The molecule has 1 aliphatic carbocycles. The molecule has 2 aromatic heterocycles. The third-order valence-electron chi connectivity index (χ3n) is 8.89. The van der Waals surface area contributed by atoms with Crippen LogP contribution in [0.4, 0.5) is 10.9 Å². The number of carbonyl (C=O) groups is 3. The molecule has 1 N–H and O–H groups in total. The minimum absolute atomic E-state index is 0.100. The Morgan fingerprint density at radius 2 is 1.68 bits per heavy atom. The number of carboxylic acid groups (broad SMARTS) is 1. The highest BCUT2D eigenvalue weighted by Crippen LogP contribution is 2.42. The van der Waals surface area contributed by atoms with E-state index in [9.17, 15) is 19.5 Å².